The van der Waals surface area contributed by atoms with Gasteiger partial charge in [0.05, 0.1) is 12.2 Å². The number of thiophene rings is 1. The second kappa shape index (κ2) is 8.20. The molecule has 1 aliphatic heterocycles. The van der Waals surface area contributed by atoms with Gasteiger partial charge in [0.25, 0.3) is 0 Å². The molecule has 1 N–H and O–H groups in total. The lowest BCUT2D eigenvalue weighted by Crippen LogP contribution is -2.26. The number of hydrogen-bond donors (Lipinski definition) is 1. The standard InChI is InChI=1S/C20H26N4OS/c1-2-24-19(7-9-22-24)20-16(8-11-25-20)13-21-14-17-5-3-10-23(17)15-18-6-4-12-26-18/h3-7,9-10,12,16,20-21H,2,8,11,13-15H2,1H3/t16-,20+/m0/s1. The Morgan fingerprint density at radius 2 is 2.27 bits per heavy atom. The summed E-state index contributed by atoms with van der Waals surface area (Å²) in [5.41, 5.74) is 2.53. The van der Waals surface area contributed by atoms with Crippen molar-refractivity contribution in [3.05, 3.63) is 64.4 Å². The van der Waals surface area contributed by atoms with Gasteiger partial charge in [0, 0.05) is 55.1 Å². The third kappa shape index (κ3) is 3.77. The van der Waals surface area contributed by atoms with Crippen LogP contribution in [0.25, 0.3) is 0 Å². The van der Waals surface area contributed by atoms with Crippen LogP contribution >= 0.6 is 11.3 Å². The number of aryl methyl sites for hydroxylation is 1. The molecule has 0 amide bonds. The van der Waals surface area contributed by atoms with Crippen LogP contribution < -0.4 is 5.32 Å². The molecule has 1 saturated heterocycles. The second-order valence-corrected chi connectivity index (χ2v) is 7.78. The zero-order valence-corrected chi connectivity index (χ0v) is 16.0. The van der Waals surface area contributed by atoms with Gasteiger partial charge in [-0.3, -0.25) is 4.68 Å². The van der Waals surface area contributed by atoms with E-state index in [0.717, 1.165) is 39.2 Å². The molecule has 26 heavy (non-hydrogen) atoms. The van der Waals surface area contributed by atoms with Gasteiger partial charge in [-0.25, -0.2) is 0 Å². The third-order valence-corrected chi connectivity index (χ3v) is 5.96. The summed E-state index contributed by atoms with van der Waals surface area (Å²) in [4.78, 5) is 1.39. The van der Waals surface area contributed by atoms with Gasteiger partial charge in [0.15, 0.2) is 0 Å². The zero-order valence-electron chi connectivity index (χ0n) is 15.2. The number of rotatable bonds is 8. The van der Waals surface area contributed by atoms with Crippen molar-refractivity contribution in [3.8, 4) is 0 Å². The van der Waals surface area contributed by atoms with Crippen molar-refractivity contribution in [3.63, 3.8) is 0 Å². The van der Waals surface area contributed by atoms with Crippen LogP contribution in [0.5, 0.6) is 0 Å². The Morgan fingerprint density at radius 3 is 3.12 bits per heavy atom. The summed E-state index contributed by atoms with van der Waals surface area (Å²) in [6, 6.07) is 10.7. The maximum absolute atomic E-state index is 6.03. The molecule has 1 fully saturated rings. The van der Waals surface area contributed by atoms with Crippen LogP contribution in [0.1, 0.15) is 35.7 Å². The van der Waals surface area contributed by atoms with E-state index in [1.54, 1.807) is 0 Å². The van der Waals surface area contributed by atoms with Crippen molar-refractivity contribution in [2.45, 2.75) is 39.1 Å². The largest absolute Gasteiger partial charge is 0.372 e. The molecular formula is C20H26N4OS. The fourth-order valence-corrected chi connectivity index (χ4v) is 4.44. The van der Waals surface area contributed by atoms with Gasteiger partial charge < -0.3 is 14.6 Å². The van der Waals surface area contributed by atoms with E-state index < -0.39 is 0 Å². The zero-order chi connectivity index (χ0) is 17.8. The first-order chi connectivity index (χ1) is 12.8. The molecular weight excluding hydrogens is 344 g/mol. The summed E-state index contributed by atoms with van der Waals surface area (Å²) < 4.78 is 10.4. The monoisotopic (exact) mass is 370 g/mol. The normalized spacial score (nSPS) is 20.0. The lowest BCUT2D eigenvalue weighted by Gasteiger charge is -2.20. The van der Waals surface area contributed by atoms with Gasteiger partial charge in [-0.15, -0.1) is 11.3 Å². The van der Waals surface area contributed by atoms with Gasteiger partial charge in [-0.1, -0.05) is 6.07 Å². The quantitative estimate of drug-likeness (QED) is 0.658. The van der Waals surface area contributed by atoms with E-state index in [4.69, 9.17) is 4.74 Å². The average molecular weight is 371 g/mol. The molecule has 1 aliphatic rings. The van der Waals surface area contributed by atoms with Gasteiger partial charge in [0.2, 0.25) is 0 Å². The number of nitrogens with zero attached hydrogens (tertiary/aromatic N) is 3. The van der Waals surface area contributed by atoms with Crippen LogP contribution in [-0.2, 0) is 24.4 Å². The van der Waals surface area contributed by atoms with Gasteiger partial charge in [-0.05, 0) is 43.0 Å². The van der Waals surface area contributed by atoms with Crippen molar-refractivity contribution in [1.82, 2.24) is 19.7 Å². The summed E-state index contributed by atoms with van der Waals surface area (Å²) in [5, 5.41) is 10.2. The number of ether oxygens (including phenoxy) is 1. The van der Waals surface area contributed by atoms with E-state index in [1.807, 2.05) is 17.5 Å². The Bertz CT molecular complexity index is 808. The Kier molecular flexibility index (Phi) is 5.53. The molecule has 0 saturated carbocycles. The van der Waals surface area contributed by atoms with Gasteiger partial charge in [-0.2, -0.15) is 5.10 Å². The topological polar surface area (TPSA) is 44.0 Å². The van der Waals surface area contributed by atoms with Crippen molar-refractivity contribution < 1.29 is 4.74 Å². The molecule has 4 rings (SSSR count). The average Bonchev–Trinajstić information content (AvgIpc) is 3.44. The summed E-state index contributed by atoms with van der Waals surface area (Å²) in [6.07, 6.45) is 5.30. The van der Waals surface area contributed by atoms with E-state index in [1.165, 1.54) is 16.3 Å². The smallest absolute Gasteiger partial charge is 0.103 e. The predicted octanol–water partition coefficient (Wildman–Crippen LogP) is 3.68. The summed E-state index contributed by atoms with van der Waals surface area (Å²) in [6.45, 7) is 6.64. The lowest BCUT2D eigenvalue weighted by atomic mass is 9.99. The molecule has 0 unspecified atom stereocenters. The minimum absolute atomic E-state index is 0.155. The molecule has 0 aromatic carbocycles. The van der Waals surface area contributed by atoms with Crippen LogP contribution in [0, 0.1) is 5.92 Å². The lowest BCUT2D eigenvalue weighted by molar-refractivity contribution is 0.0829. The first kappa shape index (κ1) is 17.5. The molecule has 3 aromatic heterocycles. The van der Waals surface area contributed by atoms with Crippen LogP contribution in [0.2, 0.25) is 0 Å². The maximum atomic E-state index is 6.03. The first-order valence-electron chi connectivity index (χ1n) is 9.35. The highest BCUT2D eigenvalue weighted by molar-refractivity contribution is 7.09. The highest BCUT2D eigenvalue weighted by Gasteiger charge is 2.31. The van der Waals surface area contributed by atoms with Crippen LogP contribution in [-0.4, -0.2) is 27.5 Å². The van der Waals surface area contributed by atoms with Crippen LogP contribution in [0.4, 0.5) is 0 Å². The van der Waals surface area contributed by atoms with E-state index in [0.29, 0.717) is 5.92 Å². The highest BCUT2D eigenvalue weighted by atomic mass is 32.1. The Morgan fingerprint density at radius 1 is 1.31 bits per heavy atom. The molecule has 0 radical (unpaired) electrons. The Labute approximate surface area is 158 Å². The van der Waals surface area contributed by atoms with Crippen LogP contribution in [0.15, 0.2) is 48.1 Å². The molecule has 0 aliphatic carbocycles. The molecule has 6 heteroatoms. The Balaban J connectivity index is 1.34. The van der Waals surface area contributed by atoms with Gasteiger partial charge in [0.1, 0.15) is 6.10 Å². The molecule has 0 spiro atoms. The second-order valence-electron chi connectivity index (χ2n) is 6.75. The van der Waals surface area contributed by atoms with Crippen molar-refractivity contribution in [2.75, 3.05) is 13.2 Å². The highest BCUT2D eigenvalue weighted by Crippen LogP contribution is 2.34. The van der Waals surface area contributed by atoms with E-state index in [2.05, 4.69) is 68.5 Å². The first-order valence-corrected chi connectivity index (χ1v) is 10.2. The van der Waals surface area contributed by atoms with E-state index in [-0.39, 0.29) is 6.10 Å². The molecule has 0 bridgehead atoms. The molecule has 4 heterocycles. The molecule has 5 nitrogen and oxygen atoms in total. The fourth-order valence-electron chi connectivity index (χ4n) is 3.74. The summed E-state index contributed by atoms with van der Waals surface area (Å²) in [5.74, 6) is 0.498. The number of hydrogen-bond acceptors (Lipinski definition) is 4. The van der Waals surface area contributed by atoms with Crippen molar-refractivity contribution >= 4 is 11.3 Å². The minimum Gasteiger partial charge on any atom is -0.372 e. The van der Waals surface area contributed by atoms with Crippen molar-refractivity contribution in [1.29, 1.82) is 0 Å². The minimum atomic E-state index is 0.155. The maximum Gasteiger partial charge on any atom is 0.103 e. The van der Waals surface area contributed by atoms with Crippen molar-refractivity contribution in [2.24, 2.45) is 5.92 Å². The molecule has 2 atom stereocenters. The predicted molar refractivity (Wildman–Crippen MR) is 104 cm³/mol. The van der Waals surface area contributed by atoms with Crippen LogP contribution in [0.3, 0.4) is 0 Å². The number of aromatic nitrogens is 3. The Hall–Kier alpha value is -1.89. The van der Waals surface area contributed by atoms with E-state index in [9.17, 15) is 0 Å². The molecule has 3 aromatic rings. The van der Waals surface area contributed by atoms with Gasteiger partial charge >= 0.3 is 0 Å². The summed E-state index contributed by atoms with van der Waals surface area (Å²) >= 11 is 1.81. The molecule has 138 valence electrons. The SMILES string of the molecule is CCn1nccc1[C@@H]1OCC[C@H]1CNCc1cccn1Cc1cccs1. The third-order valence-electron chi connectivity index (χ3n) is 5.10. The fraction of sp³-hybridized carbons (Fsp3) is 0.450. The number of nitrogens with one attached hydrogen (secondary N) is 1. The van der Waals surface area contributed by atoms with E-state index >= 15 is 0 Å². The summed E-state index contributed by atoms with van der Waals surface area (Å²) in [7, 11) is 0.